The molecule has 0 saturated heterocycles. The lowest BCUT2D eigenvalue weighted by Crippen LogP contribution is -2.30. The van der Waals surface area contributed by atoms with Gasteiger partial charge < -0.3 is 24.8 Å². The molecule has 0 aliphatic carbocycles. The minimum absolute atomic E-state index is 0.126. The number of fused-ring (bicyclic) bond motifs is 1. The number of ether oxygens (including phenoxy) is 3. The van der Waals surface area contributed by atoms with Crippen molar-refractivity contribution in [1.29, 1.82) is 0 Å². The van der Waals surface area contributed by atoms with E-state index in [0.717, 1.165) is 4.47 Å². The van der Waals surface area contributed by atoms with Gasteiger partial charge in [-0.15, -0.1) is 0 Å². The predicted molar refractivity (Wildman–Crippen MR) is 78.5 cm³/mol. The molecule has 20 heavy (non-hydrogen) atoms. The summed E-state index contributed by atoms with van der Waals surface area (Å²) in [6.45, 7) is 2.48. The topological polar surface area (TPSA) is 68.8 Å². The molecule has 1 heterocycles. The van der Waals surface area contributed by atoms with E-state index < -0.39 is 0 Å². The van der Waals surface area contributed by atoms with E-state index in [9.17, 15) is 4.79 Å². The van der Waals surface area contributed by atoms with Crippen molar-refractivity contribution in [3.63, 3.8) is 0 Å². The van der Waals surface area contributed by atoms with Crippen LogP contribution in [0.4, 0.5) is 5.69 Å². The largest absolute Gasteiger partial charge is 0.486 e. The number of halogens is 1. The van der Waals surface area contributed by atoms with E-state index in [1.807, 2.05) is 0 Å². The predicted octanol–water partition coefficient (Wildman–Crippen LogP) is 1.39. The lowest BCUT2D eigenvalue weighted by atomic mass is 10.2. The highest BCUT2D eigenvalue weighted by molar-refractivity contribution is 9.10. The van der Waals surface area contributed by atoms with Gasteiger partial charge in [-0.25, -0.2) is 0 Å². The molecule has 2 rings (SSSR count). The first-order chi connectivity index (χ1) is 9.70. The highest BCUT2D eigenvalue weighted by Crippen LogP contribution is 2.37. The molecular weight excluding hydrogens is 328 g/mol. The molecule has 0 fully saturated rings. The second-order valence-corrected chi connectivity index (χ2v) is 5.05. The van der Waals surface area contributed by atoms with E-state index in [1.165, 1.54) is 0 Å². The van der Waals surface area contributed by atoms with Crippen LogP contribution in [0.2, 0.25) is 0 Å². The number of benzene rings is 1. The number of carbonyl (C=O) groups is 1. The summed E-state index contributed by atoms with van der Waals surface area (Å²) in [5.74, 6) is 1.19. The first kappa shape index (κ1) is 15.1. The molecular formula is C13H17BrN2O4. The van der Waals surface area contributed by atoms with Gasteiger partial charge in [0, 0.05) is 30.3 Å². The zero-order valence-corrected chi connectivity index (χ0v) is 12.8. The van der Waals surface area contributed by atoms with Gasteiger partial charge in [0.1, 0.15) is 13.2 Å². The maximum atomic E-state index is 11.8. The van der Waals surface area contributed by atoms with Crippen molar-refractivity contribution in [2.75, 3.05) is 45.3 Å². The van der Waals surface area contributed by atoms with Gasteiger partial charge >= 0.3 is 0 Å². The van der Waals surface area contributed by atoms with Crippen molar-refractivity contribution in [3.05, 3.63) is 16.6 Å². The van der Waals surface area contributed by atoms with Crippen molar-refractivity contribution in [1.82, 2.24) is 5.32 Å². The molecule has 1 amide bonds. The fourth-order valence-electron chi connectivity index (χ4n) is 1.73. The number of amides is 1. The molecule has 110 valence electrons. The first-order valence-electron chi connectivity index (χ1n) is 6.29. The normalized spacial score (nSPS) is 13.1. The Kier molecular flexibility index (Phi) is 5.63. The SMILES string of the molecule is COCCNCC(=O)Nc1cc2c(cc1Br)OCCO2. The second kappa shape index (κ2) is 7.47. The Bertz CT molecular complexity index is 482. The fraction of sp³-hybridized carbons (Fsp3) is 0.462. The zero-order chi connectivity index (χ0) is 14.4. The van der Waals surface area contributed by atoms with Crippen LogP contribution >= 0.6 is 15.9 Å². The molecule has 0 unspecified atom stereocenters. The average molecular weight is 345 g/mol. The van der Waals surface area contributed by atoms with E-state index in [1.54, 1.807) is 19.2 Å². The number of nitrogens with one attached hydrogen (secondary N) is 2. The quantitative estimate of drug-likeness (QED) is 0.763. The summed E-state index contributed by atoms with van der Waals surface area (Å²) >= 11 is 3.41. The highest BCUT2D eigenvalue weighted by atomic mass is 79.9. The monoisotopic (exact) mass is 344 g/mol. The van der Waals surface area contributed by atoms with Crippen LogP contribution in [0.5, 0.6) is 11.5 Å². The molecule has 7 heteroatoms. The van der Waals surface area contributed by atoms with Crippen molar-refractivity contribution in [3.8, 4) is 11.5 Å². The van der Waals surface area contributed by atoms with Gasteiger partial charge in [0.05, 0.1) is 18.8 Å². The molecule has 1 aromatic rings. The Morgan fingerprint density at radius 3 is 2.75 bits per heavy atom. The van der Waals surface area contributed by atoms with Crippen LogP contribution in [0.25, 0.3) is 0 Å². The van der Waals surface area contributed by atoms with E-state index in [4.69, 9.17) is 14.2 Å². The molecule has 6 nitrogen and oxygen atoms in total. The van der Waals surface area contributed by atoms with E-state index in [2.05, 4.69) is 26.6 Å². The highest BCUT2D eigenvalue weighted by Gasteiger charge is 2.15. The Labute approximate surface area is 125 Å². The Morgan fingerprint density at radius 2 is 2.05 bits per heavy atom. The molecule has 0 saturated carbocycles. The maximum Gasteiger partial charge on any atom is 0.238 e. The maximum absolute atomic E-state index is 11.8. The van der Waals surface area contributed by atoms with Crippen LogP contribution in [0, 0.1) is 0 Å². The molecule has 0 radical (unpaired) electrons. The Balaban J connectivity index is 1.93. The van der Waals surface area contributed by atoms with Crippen LogP contribution in [0.3, 0.4) is 0 Å². The molecule has 0 spiro atoms. The molecule has 0 aromatic heterocycles. The summed E-state index contributed by atoms with van der Waals surface area (Å²) in [4.78, 5) is 11.8. The summed E-state index contributed by atoms with van der Waals surface area (Å²) in [5, 5.41) is 5.79. The van der Waals surface area contributed by atoms with Crippen molar-refractivity contribution in [2.24, 2.45) is 0 Å². The van der Waals surface area contributed by atoms with Gasteiger partial charge in [-0.05, 0) is 15.9 Å². The number of rotatable bonds is 6. The lowest BCUT2D eigenvalue weighted by Gasteiger charge is -2.20. The van der Waals surface area contributed by atoms with Crippen LogP contribution < -0.4 is 20.1 Å². The fourth-order valence-corrected chi connectivity index (χ4v) is 2.15. The summed E-state index contributed by atoms with van der Waals surface area (Å²) in [7, 11) is 1.62. The first-order valence-corrected chi connectivity index (χ1v) is 7.08. The van der Waals surface area contributed by atoms with Crippen LogP contribution in [-0.4, -0.2) is 45.9 Å². The number of anilines is 1. The third kappa shape index (κ3) is 4.09. The Morgan fingerprint density at radius 1 is 1.35 bits per heavy atom. The molecule has 0 atom stereocenters. The van der Waals surface area contributed by atoms with Gasteiger partial charge in [-0.2, -0.15) is 0 Å². The van der Waals surface area contributed by atoms with E-state index in [0.29, 0.717) is 43.6 Å². The van der Waals surface area contributed by atoms with E-state index in [-0.39, 0.29) is 12.5 Å². The summed E-state index contributed by atoms with van der Waals surface area (Å²) < 4.78 is 16.6. The lowest BCUT2D eigenvalue weighted by molar-refractivity contribution is -0.115. The third-order valence-corrected chi connectivity index (χ3v) is 3.33. The Hall–Kier alpha value is -1.31. The standard InChI is InChI=1S/C13H17BrN2O4/c1-18-3-2-15-8-13(17)16-10-7-12-11(6-9(10)14)19-4-5-20-12/h6-7,15H,2-5,8H2,1H3,(H,16,17). The minimum atomic E-state index is -0.126. The van der Waals surface area contributed by atoms with E-state index >= 15 is 0 Å². The molecule has 1 aliphatic heterocycles. The van der Waals surface area contributed by atoms with Crippen LogP contribution in [-0.2, 0) is 9.53 Å². The average Bonchev–Trinajstić information content (AvgIpc) is 2.44. The minimum Gasteiger partial charge on any atom is -0.486 e. The van der Waals surface area contributed by atoms with Crippen molar-refractivity contribution < 1.29 is 19.0 Å². The summed E-state index contributed by atoms with van der Waals surface area (Å²) in [6.07, 6.45) is 0. The smallest absolute Gasteiger partial charge is 0.238 e. The van der Waals surface area contributed by atoms with Gasteiger partial charge in [0.15, 0.2) is 11.5 Å². The summed E-state index contributed by atoms with van der Waals surface area (Å²) in [5.41, 5.74) is 0.660. The number of hydrogen-bond donors (Lipinski definition) is 2. The number of methoxy groups -OCH3 is 1. The zero-order valence-electron chi connectivity index (χ0n) is 11.2. The van der Waals surface area contributed by atoms with Gasteiger partial charge in [0.2, 0.25) is 5.91 Å². The molecule has 1 aromatic carbocycles. The molecule has 0 bridgehead atoms. The number of carbonyl (C=O) groups excluding carboxylic acids is 1. The molecule has 1 aliphatic rings. The second-order valence-electron chi connectivity index (χ2n) is 4.19. The third-order valence-electron chi connectivity index (χ3n) is 2.67. The van der Waals surface area contributed by atoms with Crippen molar-refractivity contribution in [2.45, 2.75) is 0 Å². The van der Waals surface area contributed by atoms with Gasteiger partial charge in [-0.1, -0.05) is 0 Å². The van der Waals surface area contributed by atoms with Crippen LogP contribution in [0.15, 0.2) is 16.6 Å². The number of hydrogen-bond acceptors (Lipinski definition) is 5. The molecule has 2 N–H and O–H groups in total. The van der Waals surface area contributed by atoms with Gasteiger partial charge in [-0.3, -0.25) is 4.79 Å². The van der Waals surface area contributed by atoms with Crippen LogP contribution in [0.1, 0.15) is 0 Å². The van der Waals surface area contributed by atoms with Crippen molar-refractivity contribution >= 4 is 27.5 Å². The summed E-state index contributed by atoms with van der Waals surface area (Å²) in [6, 6.07) is 3.55. The van der Waals surface area contributed by atoms with Gasteiger partial charge in [0.25, 0.3) is 0 Å².